The summed E-state index contributed by atoms with van der Waals surface area (Å²) in [5.74, 6) is 0.768. The van der Waals surface area contributed by atoms with Crippen LogP contribution in [-0.4, -0.2) is 130 Å². The van der Waals surface area contributed by atoms with Crippen molar-refractivity contribution < 1.29 is 52.5 Å². The molecule has 0 heterocycles. The second-order valence-electron chi connectivity index (χ2n) is 12.2. The summed E-state index contributed by atoms with van der Waals surface area (Å²) in [6.07, 6.45) is -0.266. The molecule has 0 aliphatic heterocycles. The molecule has 0 saturated heterocycles. The molecular formula is C44H58O11. The first-order chi connectivity index (χ1) is 27.3. The number of aliphatic hydroxyl groups excluding tert-OH is 1. The van der Waals surface area contributed by atoms with Crippen molar-refractivity contribution in [1.82, 2.24) is 0 Å². The lowest BCUT2D eigenvalue weighted by Crippen LogP contribution is -2.34. The van der Waals surface area contributed by atoms with Gasteiger partial charge in [0.05, 0.1) is 112 Å². The molecule has 0 bridgehead atoms. The molecular weight excluding hydrogens is 704 g/mol. The van der Waals surface area contributed by atoms with Gasteiger partial charge in [0, 0.05) is 0 Å². The van der Waals surface area contributed by atoms with Crippen LogP contribution in [0.15, 0.2) is 121 Å². The molecule has 4 rings (SSSR count). The molecule has 0 radical (unpaired) electrons. The van der Waals surface area contributed by atoms with Crippen LogP contribution in [0.3, 0.4) is 0 Å². The quantitative estimate of drug-likeness (QED) is 0.0486. The molecule has 11 nitrogen and oxygen atoms in total. The highest BCUT2D eigenvalue weighted by Crippen LogP contribution is 2.40. The van der Waals surface area contributed by atoms with Crippen LogP contribution in [0, 0.1) is 0 Å². The third kappa shape index (κ3) is 17.3. The van der Waals surface area contributed by atoms with Gasteiger partial charge in [0.25, 0.3) is 0 Å². The Balaban J connectivity index is 0.986. The summed E-state index contributed by atoms with van der Waals surface area (Å²) in [6.45, 7) is 7.20. The summed E-state index contributed by atoms with van der Waals surface area (Å²) in [4.78, 5) is 0. The van der Waals surface area contributed by atoms with Gasteiger partial charge in [0.2, 0.25) is 0 Å². The maximum atomic E-state index is 8.81. The minimum atomic E-state index is -0.759. The summed E-state index contributed by atoms with van der Waals surface area (Å²) in [6, 6.07) is 40.5. The third-order valence-corrected chi connectivity index (χ3v) is 8.25. The Bertz CT molecular complexity index is 1350. The van der Waals surface area contributed by atoms with Crippen molar-refractivity contribution in [3.8, 4) is 5.75 Å². The Labute approximate surface area is 326 Å². The van der Waals surface area contributed by atoms with Crippen molar-refractivity contribution in [2.45, 2.75) is 11.7 Å². The molecule has 1 N–H and O–H groups in total. The highest BCUT2D eigenvalue weighted by molar-refractivity contribution is 5.47. The minimum absolute atomic E-state index is 0.00955. The van der Waals surface area contributed by atoms with E-state index >= 15 is 0 Å². The SMILES string of the molecule is OCCOCCOCC(COc1ccccc1)OCCOCCOCCOCCOCCOCCOC(c1ccccc1)(c1ccccc1)c1ccccc1. The van der Waals surface area contributed by atoms with Crippen LogP contribution in [0.1, 0.15) is 16.7 Å². The fourth-order valence-corrected chi connectivity index (χ4v) is 5.63. The molecule has 0 aliphatic rings. The van der Waals surface area contributed by atoms with Gasteiger partial charge in [-0.1, -0.05) is 109 Å². The molecule has 1 unspecified atom stereocenters. The zero-order chi connectivity index (χ0) is 38.3. The molecule has 0 fully saturated rings. The van der Waals surface area contributed by atoms with E-state index in [0.717, 1.165) is 22.4 Å². The molecule has 0 aromatic heterocycles. The first kappa shape index (κ1) is 44.0. The number of hydrogen-bond donors (Lipinski definition) is 1. The Kier molecular flexibility index (Phi) is 22.9. The topological polar surface area (TPSA) is 113 Å². The van der Waals surface area contributed by atoms with Crippen molar-refractivity contribution in [3.63, 3.8) is 0 Å². The standard InChI is InChI=1S/C44H58O11/c45-21-22-46-31-32-52-37-43(38-54-42-19-11-4-12-20-42)53-35-33-50-29-27-48-25-23-47-24-26-49-28-30-51-34-36-55-44(39-13-5-1-6-14-39,40-15-7-2-8-16-40)41-17-9-3-10-18-41/h1-20,43,45H,21-38H2. The molecule has 0 spiro atoms. The molecule has 0 saturated carbocycles. The van der Waals surface area contributed by atoms with Gasteiger partial charge in [-0.3, -0.25) is 0 Å². The number of benzene rings is 4. The largest absolute Gasteiger partial charge is 0.491 e. The zero-order valence-corrected chi connectivity index (χ0v) is 31.9. The van der Waals surface area contributed by atoms with Gasteiger partial charge in [0.15, 0.2) is 0 Å². The van der Waals surface area contributed by atoms with Crippen molar-refractivity contribution in [2.24, 2.45) is 0 Å². The zero-order valence-electron chi connectivity index (χ0n) is 31.9. The summed E-state index contributed by atoms with van der Waals surface area (Å²) >= 11 is 0. The second-order valence-corrected chi connectivity index (χ2v) is 12.2. The molecule has 1 atom stereocenters. The van der Waals surface area contributed by atoms with Crippen LogP contribution in [-0.2, 0) is 48.2 Å². The van der Waals surface area contributed by atoms with Crippen molar-refractivity contribution >= 4 is 0 Å². The van der Waals surface area contributed by atoms with Gasteiger partial charge in [-0.05, 0) is 28.8 Å². The van der Waals surface area contributed by atoms with Gasteiger partial charge in [0.1, 0.15) is 24.1 Å². The van der Waals surface area contributed by atoms with Gasteiger partial charge in [-0.15, -0.1) is 0 Å². The normalized spacial score (nSPS) is 12.2. The van der Waals surface area contributed by atoms with Crippen molar-refractivity contribution in [2.75, 3.05) is 119 Å². The van der Waals surface area contributed by atoms with Crippen LogP contribution in [0.2, 0.25) is 0 Å². The molecule has 0 aliphatic carbocycles. The van der Waals surface area contributed by atoms with Gasteiger partial charge in [-0.2, -0.15) is 0 Å². The number of hydrogen-bond acceptors (Lipinski definition) is 11. The average molecular weight is 763 g/mol. The highest BCUT2D eigenvalue weighted by Gasteiger charge is 2.37. The van der Waals surface area contributed by atoms with E-state index in [-0.39, 0.29) is 12.7 Å². The van der Waals surface area contributed by atoms with E-state index in [1.54, 1.807) is 0 Å². The maximum absolute atomic E-state index is 8.81. The van der Waals surface area contributed by atoms with E-state index in [1.165, 1.54) is 0 Å². The van der Waals surface area contributed by atoms with E-state index < -0.39 is 5.60 Å². The van der Waals surface area contributed by atoms with Crippen molar-refractivity contribution in [3.05, 3.63) is 138 Å². The van der Waals surface area contributed by atoms with E-state index in [0.29, 0.717) is 112 Å². The minimum Gasteiger partial charge on any atom is -0.491 e. The smallest absolute Gasteiger partial charge is 0.143 e. The number of rotatable bonds is 33. The lowest BCUT2D eigenvalue weighted by atomic mass is 9.80. The lowest BCUT2D eigenvalue weighted by Gasteiger charge is -2.36. The molecule has 11 heteroatoms. The molecule has 55 heavy (non-hydrogen) atoms. The maximum Gasteiger partial charge on any atom is 0.143 e. The van der Waals surface area contributed by atoms with Crippen LogP contribution in [0.25, 0.3) is 0 Å². The second kappa shape index (κ2) is 28.7. The Morgan fingerprint density at radius 1 is 0.382 bits per heavy atom. The van der Waals surface area contributed by atoms with E-state index in [2.05, 4.69) is 36.4 Å². The molecule has 4 aromatic rings. The first-order valence-electron chi connectivity index (χ1n) is 19.1. The van der Waals surface area contributed by atoms with E-state index in [1.807, 2.05) is 84.9 Å². The number of aliphatic hydroxyl groups is 1. The Hall–Kier alpha value is -3.72. The average Bonchev–Trinajstić information content (AvgIpc) is 3.24. The predicted octanol–water partition coefficient (Wildman–Crippen LogP) is 5.57. The van der Waals surface area contributed by atoms with Crippen LogP contribution in [0.4, 0.5) is 0 Å². The first-order valence-corrected chi connectivity index (χ1v) is 19.1. The molecule has 0 amide bonds. The van der Waals surface area contributed by atoms with E-state index in [4.69, 9.17) is 52.5 Å². The summed E-state index contributed by atoms with van der Waals surface area (Å²) in [5, 5.41) is 8.81. The van der Waals surface area contributed by atoms with E-state index in [9.17, 15) is 0 Å². The monoisotopic (exact) mass is 762 g/mol. The van der Waals surface area contributed by atoms with Gasteiger partial charge in [-0.25, -0.2) is 0 Å². The Morgan fingerprint density at radius 2 is 0.745 bits per heavy atom. The van der Waals surface area contributed by atoms with Gasteiger partial charge < -0.3 is 52.5 Å². The molecule has 300 valence electrons. The summed E-state index contributed by atoms with van der Waals surface area (Å²) in [5.41, 5.74) is 2.43. The van der Waals surface area contributed by atoms with Crippen LogP contribution in [0.5, 0.6) is 5.75 Å². The van der Waals surface area contributed by atoms with Gasteiger partial charge >= 0.3 is 0 Å². The van der Waals surface area contributed by atoms with Crippen LogP contribution >= 0.6 is 0 Å². The fourth-order valence-electron chi connectivity index (χ4n) is 5.63. The van der Waals surface area contributed by atoms with Crippen molar-refractivity contribution in [1.29, 1.82) is 0 Å². The molecule has 4 aromatic carbocycles. The highest BCUT2D eigenvalue weighted by atomic mass is 16.6. The Morgan fingerprint density at radius 3 is 1.18 bits per heavy atom. The predicted molar refractivity (Wildman–Crippen MR) is 210 cm³/mol. The third-order valence-electron chi connectivity index (χ3n) is 8.25. The number of ether oxygens (including phenoxy) is 10. The summed E-state index contributed by atoms with van der Waals surface area (Å²) in [7, 11) is 0. The summed E-state index contributed by atoms with van der Waals surface area (Å²) < 4.78 is 57.8. The fraction of sp³-hybridized carbons (Fsp3) is 0.455. The number of para-hydroxylation sites is 1. The lowest BCUT2D eigenvalue weighted by molar-refractivity contribution is -0.0669. The van der Waals surface area contributed by atoms with Crippen LogP contribution < -0.4 is 4.74 Å².